The van der Waals surface area contributed by atoms with E-state index in [4.69, 9.17) is 5.73 Å². The summed E-state index contributed by atoms with van der Waals surface area (Å²) in [6.45, 7) is 0.330. The van der Waals surface area contributed by atoms with Gasteiger partial charge in [-0.05, 0) is 37.1 Å². The highest BCUT2D eigenvalue weighted by atomic mass is 19.1. The van der Waals surface area contributed by atoms with Crippen molar-refractivity contribution < 1.29 is 4.39 Å². The van der Waals surface area contributed by atoms with E-state index in [9.17, 15) is 4.39 Å². The largest absolute Gasteiger partial charge is 0.324 e. The molecular weight excluding hydrogens is 219 g/mol. The SMILES string of the molecule is NCc1nc(C2CC2)nn1-c1ccc(F)cc1. The Morgan fingerprint density at radius 3 is 2.59 bits per heavy atom. The molecule has 0 saturated heterocycles. The molecule has 0 radical (unpaired) electrons. The van der Waals surface area contributed by atoms with Gasteiger partial charge in [-0.2, -0.15) is 5.10 Å². The van der Waals surface area contributed by atoms with E-state index < -0.39 is 0 Å². The molecule has 1 saturated carbocycles. The van der Waals surface area contributed by atoms with Crippen LogP contribution < -0.4 is 5.73 Å². The van der Waals surface area contributed by atoms with Crippen LogP contribution in [0.2, 0.25) is 0 Å². The minimum absolute atomic E-state index is 0.259. The Bertz CT molecular complexity index is 528. The first-order valence-corrected chi connectivity index (χ1v) is 5.70. The fourth-order valence-corrected chi connectivity index (χ4v) is 1.80. The van der Waals surface area contributed by atoms with Gasteiger partial charge in [-0.25, -0.2) is 14.1 Å². The predicted octanol–water partition coefficient (Wildman–Crippen LogP) is 1.74. The van der Waals surface area contributed by atoms with Gasteiger partial charge in [0.15, 0.2) is 5.82 Å². The van der Waals surface area contributed by atoms with Gasteiger partial charge < -0.3 is 5.73 Å². The first-order chi connectivity index (χ1) is 8.28. The van der Waals surface area contributed by atoms with Crippen LogP contribution in [-0.4, -0.2) is 14.8 Å². The Morgan fingerprint density at radius 1 is 1.29 bits per heavy atom. The van der Waals surface area contributed by atoms with E-state index in [2.05, 4.69) is 10.1 Å². The first kappa shape index (κ1) is 10.4. The maximum atomic E-state index is 12.9. The maximum absolute atomic E-state index is 12.9. The van der Waals surface area contributed by atoms with Gasteiger partial charge in [0.25, 0.3) is 0 Å². The molecule has 1 heterocycles. The fraction of sp³-hybridized carbons (Fsp3) is 0.333. The van der Waals surface area contributed by atoms with E-state index in [0.717, 1.165) is 30.2 Å². The highest BCUT2D eigenvalue weighted by Gasteiger charge is 2.28. The third-order valence-electron chi connectivity index (χ3n) is 2.89. The Balaban J connectivity index is 2.02. The second kappa shape index (κ2) is 3.92. The number of benzene rings is 1. The molecule has 5 heteroatoms. The summed E-state index contributed by atoms with van der Waals surface area (Å²) in [5.41, 5.74) is 6.45. The highest BCUT2D eigenvalue weighted by molar-refractivity contribution is 5.32. The number of hydrogen-bond donors (Lipinski definition) is 1. The Morgan fingerprint density at radius 2 is 2.00 bits per heavy atom. The van der Waals surface area contributed by atoms with Crippen molar-refractivity contribution in [2.75, 3.05) is 0 Å². The highest BCUT2D eigenvalue weighted by Crippen LogP contribution is 2.38. The third-order valence-corrected chi connectivity index (χ3v) is 2.89. The molecule has 0 aliphatic heterocycles. The number of rotatable bonds is 3. The molecule has 1 aliphatic rings. The van der Waals surface area contributed by atoms with Gasteiger partial charge in [0, 0.05) is 5.92 Å². The Labute approximate surface area is 98.3 Å². The minimum Gasteiger partial charge on any atom is -0.324 e. The van der Waals surface area contributed by atoms with E-state index in [-0.39, 0.29) is 5.82 Å². The molecular formula is C12H13FN4. The molecule has 1 aliphatic carbocycles. The standard InChI is InChI=1S/C12H13FN4/c13-9-3-5-10(6-4-9)17-11(7-14)15-12(16-17)8-1-2-8/h3-6,8H,1-2,7,14H2. The second-order valence-electron chi connectivity index (χ2n) is 4.25. The zero-order chi connectivity index (χ0) is 11.8. The lowest BCUT2D eigenvalue weighted by molar-refractivity contribution is 0.626. The maximum Gasteiger partial charge on any atom is 0.154 e. The Hall–Kier alpha value is -1.75. The summed E-state index contributed by atoms with van der Waals surface area (Å²) in [5.74, 6) is 1.81. The molecule has 3 rings (SSSR count). The summed E-state index contributed by atoms with van der Waals surface area (Å²) in [4.78, 5) is 4.42. The summed E-state index contributed by atoms with van der Waals surface area (Å²) >= 11 is 0. The number of aromatic nitrogens is 3. The van der Waals surface area contributed by atoms with Crippen molar-refractivity contribution in [2.24, 2.45) is 5.73 Å². The van der Waals surface area contributed by atoms with Crippen LogP contribution >= 0.6 is 0 Å². The summed E-state index contributed by atoms with van der Waals surface area (Å²) in [5, 5.41) is 4.45. The lowest BCUT2D eigenvalue weighted by Gasteiger charge is -2.03. The quantitative estimate of drug-likeness (QED) is 0.877. The van der Waals surface area contributed by atoms with Crippen LogP contribution in [-0.2, 0) is 6.54 Å². The molecule has 1 aromatic carbocycles. The van der Waals surface area contributed by atoms with E-state index in [0.29, 0.717) is 12.5 Å². The van der Waals surface area contributed by atoms with Crippen molar-refractivity contribution in [3.8, 4) is 5.69 Å². The normalized spacial score (nSPS) is 15.2. The van der Waals surface area contributed by atoms with Gasteiger partial charge in [0.2, 0.25) is 0 Å². The van der Waals surface area contributed by atoms with Crippen LogP contribution in [0.5, 0.6) is 0 Å². The average molecular weight is 232 g/mol. The molecule has 0 unspecified atom stereocenters. The van der Waals surface area contributed by atoms with Crippen molar-refractivity contribution >= 4 is 0 Å². The van der Waals surface area contributed by atoms with Crippen molar-refractivity contribution in [3.63, 3.8) is 0 Å². The molecule has 1 fully saturated rings. The van der Waals surface area contributed by atoms with Crippen LogP contribution in [0.3, 0.4) is 0 Å². The van der Waals surface area contributed by atoms with Crippen LogP contribution in [0.4, 0.5) is 4.39 Å². The van der Waals surface area contributed by atoms with Gasteiger partial charge >= 0.3 is 0 Å². The first-order valence-electron chi connectivity index (χ1n) is 5.70. The van der Waals surface area contributed by atoms with Crippen LogP contribution in [0.15, 0.2) is 24.3 Å². The van der Waals surface area contributed by atoms with E-state index in [1.165, 1.54) is 12.1 Å². The number of hydrogen-bond acceptors (Lipinski definition) is 3. The van der Waals surface area contributed by atoms with Crippen LogP contribution in [0.1, 0.15) is 30.4 Å². The monoisotopic (exact) mass is 232 g/mol. The average Bonchev–Trinajstić information content (AvgIpc) is 3.10. The molecule has 17 heavy (non-hydrogen) atoms. The smallest absolute Gasteiger partial charge is 0.154 e. The lowest BCUT2D eigenvalue weighted by Crippen LogP contribution is -2.07. The van der Waals surface area contributed by atoms with Gasteiger partial charge in [-0.3, -0.25) is 0 Å². The molecule has 1 aromatic heterocycles. The summed E-state index contributed by atoms with van der Waals surface area (Å²) in [6.07, 6.45) is 2.30. The summed E-state index contributed by atoms with van der Waals surface area (Å²) < 4.78 is 14.6. The molecule has 0 spiro atoms. The number of nitrogens with two attached hydrogens (primary N) is 1. The zero-order valence-corrected chi connectivity index (χ0v) is 9.31. The molecule has 2 N–H and O–H groups in total. The van der Waals surface area contributed by atoms with Gasteiger partial charge in [-0.15, -0.1) is 0 Å². The van der Waals surface area contributed by atoms with Crippen molar-refractivity contribution in [1.82, 2.24) is 14.8 Å². The zero-order valence-electron chi connectivity index (χ0n) is 9.31. The van der Waals surface area contributed by atoms with Crippen LogP contribution in [0.25, 0.3) is 5.69 Å². The summed E-state index contributed by atoms with van der Waals surface area (Å²) in [6, 6.07) is 6.18. The van der Waals surface area contributed by atoms with Gasteiger partial charge in [-0.1, -0.05) is 0 Å². The molecule has 0 amide bonds. The Kier molecular flexibility index (Phi) is 2.40. The van der Waals surface area contributed by atoms with E-state index in [1.807, 2.05) is 0 Å². The predicted molar refractivity (Wildman–Crippen MR) is 61.2 cm³/mol. The number of halogens is 1. The molecule has 4 nitrogen and oxygen atoms in total. The van der Waals surface area contributed by atoms with Gasteiger partial charge in [0.05, 0.1) is 12.2 Å². The fourth-order valence-electron chi connectivity index (χ4n) is 1.80. The molecule has 0 bridgehead atoms. The number of nitrogens with zero attached hydrogens (tertiary/aromatic N) is 3. The molecule has 2 aromatic rings. The lowest BCUT2D eigenvalue weighted by atomic mass is 10.3. The second-order valence-corrected chi connectivity index (χ2v) is 4.25. The van der Waals surface area contributed by atoms with Crippen LogP contribution in [0, 0.1) is 5.82 Å². The van der Waals surface area contributed by atoms with Crippen molar-refractivity contribution in [3.05, 3.63) is 41.7 Å². The molecule has 88 valence electrons. The van der Waals surface area contributed by atoms with Crippen molar-refractivity contribution in [1.29, 1.82) is 0 Å². The van der Waals surface area contributed by atoms with E-state index >= 15 is 0 Å². The summed E-state index contributed by atoms with van der Waals surface area (Å²) in [7, 11) is 0. The van der Waals surface area contributed by atoms with Crippen molar-refractivity contribution in [2.45, 2.75) is 25.3 Å². The van der Waals surface area contributed by atoms with Gasteiger partial charge in [0.1, 0.15) is 11.6 Å². The third kappa shape index (κ3) is 1.93. The van der Waals surface area contributed by atoms with E-state index in [1.54, 1.807) is 16.8 Å². The minimum atomic E-state index is -0.259. The molecule has 0 atom stereocenters. The topological polar surface area (TPSA) is 56.7 Å².